The van der Waals surface area contributed by atoms with Gasteiger partial charge in [-0.15, -0.1) is 0 Å². The van der Waals surface area contributed by atoms with Crippen molar-refractivity contribution in [1.82, 2.24) is 0 Å². The molecule has 0 aromatic heterocycles. The van der Waals surface area contributed by atoms with Gasteiger partial charge in [-0.3, -0.25) is 0 Å². The Hall–Kier alpha value is -0.450. The minimum absolute atomic E-state index is 0.119. The molecule has 1 heterocycles. The number of aldehydes is 1. The molecule has 0 amide bonds. The zero-order chi connectivity index (χ0) is 10.7. The highest BCUT2D eigenvalue weighted by molar-refractivity contribution is 5.51. The Kier molecular flexibility index (Phi) is 3.64. The molecule has 1 rings (SSSR count). The number of carbonyl (C=O) groups excluding carboxylic acids is 1. The lowest BCUT2D eigenvalue weighted by Gasteiger charge is -2.46. The highest BCUT2D eigenvalue weighted by Crippen LogP contribution is 2.39. The van der Waals surface area contributed by atoms with Gasteiger partial charge in [0.2, 0.25) is 0 Å². The van der Waals surface area contributed by atoms with Crippen LogP contribution < -0.4 is 5.73 Å². The molecule has 0 aromatic rings. The second-order valence-corrected chi connectivity index (χ2v) is 4.29. The van der Waals surface area contributed by atoms with Crippen molar-refractivity contribution in [2.75, 3.05) is 19.8 Å². The van der Waals surface area contributed by atoms with Crippen molar-refractivity contribution in [1.29, 1.82) is 0 Å². The van der Waals surface area contributed by atoms with Crippen molar-refractivity contribution in [3.8, 4) is 0 Å². The molecular formula is C10H19NO3. The predicted molar refractivity (Wildman–Crippen MR) is 52.8 cm³/mol. The van der Waals surface area contributed by atoms with E-state index in [9.17, 15) is 9.90 Å². The number of carbonyl (C=O) groups is 1. The topological polar surface area (TPSA) is 72.5 Å². The largest absolute Gasteiger partial charge is 0.389 e. The van der Waals surface area contributed by atoms with Crippen LogP contribution in [0, 0.1) is 5.41 Å². The highest BCUT2D eigenvalue weighted by Gasteiger charge is 2.46. The van der Waals surface area contributed by atoms with E-state index in [0.29, 0.717) is 13.2 Å². The fraction of sp³-hybridized carbons (Fsp3) is 0.900. The maximum atomic E-state index is 10.5. The van der Waals surface area contributed by atoms with Crippen LogP contribution in [0.3, 0.4) is 0 Å². The summed E-state index contributed by atoms with van der Waals surface area (Å²) >= 11 is 0. The molecule has 82 valence electrons. The van der Waals surface area contributed by atoms with E-state index < -0.39 is 11.0 Å². The quantitative estimate of drug-likeness (QED) is 0.632. The van der Waals surface area contributed by atoms with E-state index in [1.54, 1.807) is 6.92 Å². The SMILES string of the molecule is CC(O)(CC=O)C1(CN)CCCOC1. The molecule has 2 unspecified atom stereocenters. The Morgan fingerprint density at radius 1 is 1.71 bits per heavy atom. The molecule has 0 radical (unpaired) electrons. The predicted octanol–water partition coefficient (Wildman–Crippen LogP) is 0.0819. The summed E-state index contributed by atoms with van der Waals surface area (Å²) in [6, 6.07) is 0. The van der Waals surface area contributed by atoms with Gasteiger partial charge < -0.3 is 20.4 Å². The van der Waals surface area contributed by atoms with Crippen molar-refractivity contribution < 1.29 is 14.6 Å². The van der Waals surface area contributed by atoms with E-state index in [4.69, 9.17) is 10.5 Å². The molecule has 1 aliphatic heterocycles. The van der Waals surface area contributed by atoms with Gasteiger partial charge in [0.25, 0.3) is 0 Å². The van der Waals surface area contributed by atoms with Gasteiger partial charge in [-0.05, 0) is 19.8 Å². The van der Waals surface area contributed by atoms with Gasteiger partial charge in [-0.1, -0.05) is 0 Å². The third-order valence-corrected chi connectivity index (χ3v) is 3.34. The Morgan fingerprint density at radius 3 is 2.86 bits per heavy atom. The van der Waals surface area contributed by atoms with Crippen LogP contribution in [-0.4, -0.2) is 36.8 Å². The van der Waals surface area contributed by atoms with E-state index >= 15 is 0 Å². The van der Waals surface area contributed by atoms with E-state index in [1.165, 1.54) is 0 Å². The normalized spacial score (nSPS) is 32.2. The summed E-state index contributed by atoms with van der Waals surface area (Å²) in [5, 5.41) is 10.2. The maximum absolute atomic E-state index is 10.5. The molecule has 1 saturated heterocycles. The summed E-state index contributed by atoms with van der Waals surface area (Å²) in [5.74, 6) is 0. The molecule has 1 aliphatic rings. The van der Waals surface area contributed by atoms with Crippen LogP contribution in [0.1, 0.15) is 26.2 Å². The number of rotatable bonds is 4. The molecule has 0 spiro atoms. The van der Waals surface area contributed by atoms with Crippen molar-refractivity contribution in [2.24, 2.45) is 11.1 Å². The smallest absolute Gasteiger partial charge is 0.122 e. The molecule has 2 atom stereocenters. The lowest BCUT2D eigenvalue weighted by molar-refractivity contribution is -0.143. The van der Waals surface area contributed by atoms with Crippen LogP contribution in [0.25, 0.3) is 0 Å². The fourth-order valence-electron chi connectivity index (χ4n) is 2.04. The van der Waals surface area contributed by atoms with Crippen LogP contribution in [0.15, 0.2) is 0 Å². The standard InChI is InChI=1S/C10H19NO3/c1-9(13,4-5-12)10(7-11)3-2-6-14-8-10/h5,13H,2-4,6-8,11H2,1H3. The summed E-state index contributed by atoms with van der Waals surface area (Å²) < 4.78 is 5.35. The first kappa shape index (κ1) is 11.6. The molecular weight excluding hydrogens is 182 g/mol. The monoisotopic (exact) mass is 201 g/mol. The van der Waals surface area contributed by atoms with Crippen molar-refractivity contribution in [2.45, 2.75) is 31.8 Å². The molecule has 4 heteroatoms. The summed E-state index contributed by atoms with van der Waals surface area (Å²) in [7, 11) is 0. The lowest BCUT2D eigenvalue weighted by Crippen LogP contribution is -2.55. The van der Waals surface area contributed by atoms with Crippen LogP contribution in [0.5, 0.6) is 0 Å². The van der Waals surface area contributed by atoms with Gasteiger partial charge >= 0.3 is 0 Å². The molecule has 0 aliphatic carbocycles. The number of hydrogen-bond donors (Lipinski definition) is 2. The average Bonchev–Trinajstić information content (AvgIpc) is 2.18. The second kappa shape index (κ2) is 4.38. The van der Waals surface area contributed by atoms with E-state index in [-0.39, 0.29) is 6.42 Å². The number of hydrogen-bond acceptors (Lipinski definition) is 4. The Morgan fingerprint density at radius 2 is 2.43 bits per heavy atom. The molecule has 0 saturated carbocycles. The summed E-state index contributed by atoms with van der Waals surface area (Å²) in [6.45, 7) is 3.19. The third-order valence-electron chi connectivity index (χ3n) is 3.34. The summed E-state index contributed by atoms with van der Waals surface area (Å²) in [4.78, 5) is 10.5. The van der Waals surface area contributed by atoms with E-state index in [1.807, 2.05) is 0 Å². The Bertz CT molecular complexity index is 198. The van der Waals surface area contributed by atoms with Gasteiger partial charge in [-0.25, -0.2) is 0 Å². The van der Waals surface area contributed by atoms with Crippen LogP contribution in [-0.2, 0) is 9.53 Å². The second-order valence-electron chi connectivity index (χ2n) is 4.29. The first-order valence-electron chi connectivity index (χ1n) is 5.02. The van der Waals surface area contributed by atoms with Crippen molar-refractivity contribution in [3.05, 3.63) is 0 Å². The average molecular weight is 201 g/mol. The number of aliphatic hydroxyl groups is 1. The molecule has 0 bridgehead atoms. The third kappa shape index (κ3) is 1.97. The minimum atomic E-state index is -1.05. The number of nitrogens with two attached hydrogens (primary N) is 1. The summed E-state index contributed by atoms with van der Waals surface area (Å²) in [5.41, 5.74) is 4.19. The zero-order valence-electron chi connectivity index (χ0n) is 8.66. The van der Waals surface area contributed by atoms with Gasteiger partial charge in [0.1, 0.15) is 6.29 Å². The summed E-state index contributed by atoms with van der Waals surface area (Å²) in [6.07, 6.45) is 2.58. The molecule has 0 aromatic carbocycles. The van der Waals surface area contributed by atoms with Crippen LogP contribution in [0.4, 0.5) is 0 Å². The molecule has 3 N–H and O–H groups in total. The van der Waals surface area contributed by atoms with Crippen LogP contribution in [0.2, 0.25) is 0 Å². The Labute approximate surface area is 84.4 Å². The van der Waals surface area contributed by atoms with Crippen molar-refractivity contribution in [3.63, 3.8) is 0 Å². The van der Waals surface area contributed by atoms with Crippen LogP contribution >= 0.6 is 0 Å². The lowest BCUT2D eigenvalue weighted by atomic mass is 9.68. The van der Waals surface area contributed by atoms with Gasteiger partial charge in [0.05, 0.1) is 12.2 Å². The molecule has 14 heavy (non-hydrogen) atoms. The minimum Gasteiger partial charge on any atom is -0.389 e. The molecule has 4 nitrogen and oxygen atoms in total. The van der Waals surface area contributed by atoms with E-state index in [0.717, 1.165) is 25.7 Å². The first-order chi connectivity index (χ1) is 6.58. The zero-order valence-corrected chi connectivity index (χ0v) is 8.66. The van der Waals surface area contributed by atoms with Gasteiger partial charge in [0, 0.05) is 25.0 Å². The van der Waals surface area contributed by atoms with Gasteiger partial charge in [-0.2, -0.15) is 0 Å². The fourth-order valence-corrected chi connectivity index (χ4v) is 2.04. The van der Waals surface area contributed by atoms with E-state index in [2.05, 4.69) is 0 Å². The Balaban J connectivity index is 2.80. The molecule has 1 fully saturated rings. The highest BCUT2D eigenvalue weighted by atomic mass is 16.5. The first-order valence-corrected chi connectivity index (χ1v) is 5.02. The van der Waals surface area contributed by atoms with Crippen molar-refractivity contribution >= 4 is 6.29 Å². The maximum Gasteiger partial charge on any atom is 0.122 e. The van der Waals surface area contributed by atoms with Gasteiger partial charge in [0.15, 0.2) is 0 Å². The number of ether oxygens (including phenoxy) is 1.